The maximum absolute atomic E-state index is 12.4. The number of amides is 1. The Hall–Kier alpha value is -2.22. The van der Waals surface area contributed by atoms with Gasteiger partial charge in [-0.1, -0.05) is 13.8 Å². The summed E-state index contributed by atoms with van der Waals surface area (Å²) in [6.45, 7) is 9.33. The van der Waals surface area contributed by atoms with Gasteiger partial charge in [-0.2, -0.15) is 0 Å². The monoisotopic (exact) mass is 351 g/mol. The van der Waals surface area contributed by atoms with Gasteiger partial charge in [-0.25, -0.2) is 9.78 Å². The molecule has 0 fully saturated rings. The number of fused-ring (bicyclic) bond motifs is 1. The lowest BCUT2D eigenvalue weighted by molar-refractivity contribution is -0.129. The lowest BCUT2D eigenvalue weighted by Crippen LogP contribution is -2.37. The average Bonchev–Trinajstić information content (AvgIpc) is 2.81. The predicted molar refractivity (Wildman–Crippen MR) is 92.4 cm³/mol. The quantitative estimate of drug-likeness (QED) is 0.802. The van der Waals surface area contributed by atoms with Gasteiger partial charge in [-0.3, -0.25) is 9.59 Å². The van der Waals surface area contributed by atoms with E-state index in [1.807, 2.05) is 13.8 Å². The molecule has 1 amide bonds. The molecule has 0 bridgehead atoms. The fourth-order valence-corrected chi connectivity index (χ4v) is 3.27. The molecule has 0 radical (unpaired) electrons. The molecule has 2 heterocycles. The summed E-state index contributed by atoms with van der Waals surface area (Å²) in [6.07, 6.45) is -0.908. The van der Waals surface area contributed by atoms with E-state index in [0.717, 1.165) is 11.3 Å². The molecular weight excluding hydrogens is 330 g/mol. The number of ether oxygens (including phenoxy) is 1. The highest BCUT2D eigenvalue weighted by atomic mass is 32.1. The van der Waals surface area contributed by atoms with Crippen LogP contribution < -0.4 is 10.9 Å². The first kappa shape index (κ1) is 18.1. The zero-order valence-electron chi connectivity index (χ0n) is 14.4. The summed E-state index contributed by atoms with van der Waals surface area (Å²) < 4.78 is 5.23. The van der Waals surface area contributed by atoms with Crippen LogP contribution in [0.1, 0.15) is 41.8 Å². The molecular formula is C16H21N3O4S. The van der Waals surface area contributed by atoms with Crippen LogP contribution in [0.3, 0.4) is 0 Å². The van der Waals surface area contributed by atoms with Crippen molar-refractivity contribution in [2.75, 3.05) is 6.54 Å². The van der Waals surface area contributed by atoms with E-state index in [1.54, 1.807) is 13.8 Å². The number of hydrogen-bond acceptors (Lipinski definition) is 6. The molecule has 8 heteroatoms. The van der Waals surface area contributed by atoms with Crippen molar-refractivity contribution in [2.45, 2.75) is 40.7 Å². The molecule has 1 atom stereocenters. The minimum atomic E-state index is -0.908. The summed E-state index contributed by atoms with van der Waals surface area (Å²) in [4.78, 5) is 43.9. The molecule has 0 saturated carbocycles. The Morgan fingerprint density at radius 2 is 1.96 bits per heavy atom. The summed E-state index contributed by atoms with van der Waals surface area (Å²) in [5, 5.41) is 3.10. The summed E-state index contributed by atoms with van der Waals surface area (Å²) >= 11 is 1.09. The van der Waals surface area contributed by atoms with E-state index in [4.69, 9.17) is 4.74 Å². The molecule has 2 aromatic rings. The van der Waals surface area contributed by atoms with Crippen LogP contribution in [0.2, 0.25) is 0 Å². The number of nitrogens with zero attached hydrogens (tertiary/aromatic N) is 1. The predicted octanol–water partition coefficient (Wildman–Crippen LogP) is 1.92. The van der Waals surface area contributed by atoms with Gasteiger partial charge in [-0.05, 0) is 32.3 Å². The minimum Gasteiger partial charge on any atom is -0.448 e. The largest absolute Gasteiger partial charge is 0.448 e. The van der Waals surface area contributed by atoms with Crippen LogP contribution in [-0.2, 0) is 9.53 Å². The molecule has 0 aliphatic rings. The third-order valence-electron chi connectivity index (χ3n) is 3.44. The van der Waals surface area contributed by atoms with Gasteiger partial charge in [0, 0.05) is 6.54 Å². The molecule has 130 valence electrons. The van der Waals surface area contributed by atoms with Crippen molar-refractivity contribution < 1.29 is 14.3 Å². The van der Waals surface area contributed by atoms with Gasteiger partial charge in [0.1, 0.15) is 15.5 Å². The minimum absolute atomic E-state index is 0.284. The summed E-state index contributed by atoms with van der Waals surface area (Å²) in [6, 6.07) is 0. The third kappa shape index (κ3) is 3.81. The number of hydrogen-bond donors (Lipinski definition) is 2. The van der Waals surface area contributed by atoms with E-state index in [0.29, 0.717) is 34.1 Å². The second-order valence-corrected chi connectivity index (χ2v) is 7.07. The second kappa shape index (κ2) is 7.12. The maximum atomic E-state index is 12.4. The SMILES string of the molecule is Cc1nc2sc(C(=O)O[C@H](C)C(=O)NCC(C)C)c(C)c2c(=O)[nH]1. The van der Waals surface area contributed by atoms with E-state index in [-0.39, 0.29) is 16.3 Å². The lowest BCUT2D eigenvalue weighted by atomic mass is 10.2. The van der Waals surface area contributed by atoms with Crippen LogP contribution in [0.15, 0.2) is 4.79 Å². The van der Waals surface area contributed by atoms with E-state index < -0.39 is 12.1 Å². The van der Waals surface area contributed by atoms with Gasteiger partial charge in [0.25, 0.3) is 11.5 Å². The van der Waals surface area contributed by atoms with Gasteiger partial charge < -0.3 is 15.0 Å². The third-order valence-corrected chi connectivity index (χ3v) is 4.61. The normalized spacial score (nSPS) is 12.4. The van der Waals surface area contributed by atoms with E-state index in [2.05, 4.69) is 15.3 Å². The van der Waals surface area contributed by atoms with Crippen LogP contribution in [0.4, 0.5) is 0 Å². The molecule has 24 heavy (non-hydrogen) atoms. The molecule has 2 rings (SSSR count). The molecule has 0 spiro atoms. The first-order valence-electron chi connectivity index (χ1n) is 7.69. The first-order chi connectivity index (χ1) is 11.2. The highest BCUT2D eigenvalue weighted by Crippen LogP contribution is 2.27. The fourth-order valence-electron chi connectivity index (χ4n) is 2.16. The highest BCUT2D eigenvalue weighted by molar-refractivity contribution is 7.20. The van der Waals surface area contributed by atoms with Crippen LogP contribution in [0.25, 0.3) is 10.2 Å². The Morgan fingerprint density at radius 1 is 1.29 bits per heavy atom. The molecule has 2 N–H and O–H groups in total. The smallest absolute Gasteiger partial charge is 0.349 e. The topological polar surface area (TPSA) is 101 Å². The van der Waals surface area contributed by atoms with Crippen LogP contribution in [0, 0.1) is 19.8 Å². The number of carbonyl (C=O) groups is 2. The maximum Gasteiger partial charge on any atom is 0.349 e. The molecule has 0 aromatic carbocycles. The van der Waals surface area contributed by atoms with Crippen molar-refractivity contribution in [2.24, 2.45) is 5.92 Å². The van der Waals surface area contributed by atoms with Crippen molar-refractivity contribution in [3.63, 3.8) is 0 Å². The molecule has 0 saturated heterocycles. The molecule has 0 aliphatic carbocycles. The van der Waals surface area contributed by atoms with Gasteiger partial charge in [0.15, 0.2) is 6.10 Å². The van der Waals surface area contributed by atoms with Crippen molar-refractivity contribution in [3.05, 3.63) is 26.6 Å². The second-order valence-electron chi connectivity index (χ2n) is 6.07. The number of aryl methyl sites for hydroxylation is 2. The van der Waals surface area contributed by atoms with Crippen LogP contribution in [-0.4, -0.2) is 34.5 Å². The Labute approximate surface area is 143 Å². The van der Waals surface area contributed by atoms with Gasteiger partial charge >= 0.3 is 5.97 Å². The highest BCUT2D eigenvalue weighted by Gasteiger charge is 2.24. The van der Waals surface area contributed by atoms with E-state index >= 15 is 0 Å². The number of esters is 1. The fraction of sp³-hybridized carbons (Fsp3) is 0.500. The Morgan fingerprint density at radius 3 is 2.58 bits per heavy atom. The van der Waals surface area contributed by atoms with Crippen LogP contribution in [0.5, 0.6) is 0 Å². The Bertz CT molecular complexity index is 838. The van der Waals surface area contributed by atoms with Crippen molar-refractivity contribution in [1.29, 1.82) is 0 Å². The lowest BCUT2D eigenvalue weighted by Gasteiger charge is -2.14. The first-order valence-corrected chi connectivity index (χ1v) is 8.51. The van der Waals surface area contributed by atoms with Gasteiger partial charge in [0.2, 0.25) is 0 Å². The molecule has 0 aliphatic heterocycles. The zero-order valence-corrected chi connectivity index (χ0v) is 15.2. The molecule has 2 aromatic heterocycles. The average molecular weight is 351 g/mol. The zero-order chi connectivity index (χ0) is 18.0. The molecule has 0 unspecified atom stereocenters. The summed E-state index contributed by atoms with van der Waals surface area (Å²) in [5.74, 6) is -0.180. The number of rotatable bonds is 5. The number of carbonyl (C=O) groups excluding carboxylic acids is 2. The molecule has 7 nitrogen and oxygen atoms in total. The van der Waals surface area contributed by atoms with Crippen molar-refractivity contribution in [3.8, 4) is 0 Å². The summed E-state index contributed by atoms with van der Waals surface area (Å²) in [7, 11) is 0. The number of H-pyrrole nitrogens is 1. The van der Waals surface area contributed by atoms with Gasteiger partial charge in [0.05, 0.1) is 5.39 Å². The number of nitrogens with one attached hydrogen (secondary N) is 2. The van der Waals surface area contributed by atoms with Gasteiger partial charge in [-0.15, -0.1) is 11.3 Å². The van der Waals surface area contributed by atoms with Crippen molar-refractivity contribution in [1.82, 2.24) is 15.3 Å². The Balaban J connectivity index is 2.20. The number of aromatic amines is 1. The summed E-state index contributed by atoms with van der Waals surface area (Å²) in [5.41, 5.74) is 0.233. The number of aromatic nitrogens is 2. The van der Waals surface area contributed by atoms with E-state index in [1.165, 1.54) is 6.92 Å². The van der Waals surface area contributed by atoms with Crippen LogP contribution >= 0.6 is 11.3 Å². The standard InChI is InChI=1S/C16H21N3O4S/c1-7(2)6-17-13(20)9(4)23-16(22)12-8(3)11-14(21)18-10(5)19-15(11)24-12/h7,9H,6H2,1-5H3,(H,17,20)(H,18,19,21)/t9-/m1/s1. The van der Waals surface area contributed by atoms with Crippen molar-refractivity contribution >= 4 is 33.4 Å². The van der Waals surface area contributed by atoms with E-state index in [9.17, 15) is 14.4 Å². The Kier molecular flexibility index (Phi) is 5.38. The number of thiophene rings is 1.